The summed E-state index contributed by atoms with van der Waals surface area (Å²) in [5, 5.41) is 9.38. The Kier molecular flexibility index (Phi) is 4.58. The lowest BCUT2D eigenvalue weighted by molar-refractivity contribution is -0.153. The van der Waals surface area contributed by atoms with Gasteiger partial charge in [0.25, 0.3) is 0 Å². The number of rotatable bonds is 5. The third kappa shape index (κ3) is 2.94. The molecule has 1 atom stereocenters. The molecule has 3 heteroatoms. The molecule has 0 aromatic carbocycles. The van der Waals surface area contributed by atoms with Gasteiger partial charge in [-0.1, -0.05) is 20.3 Å². The fraction of sp³-hybridized carbons (Fsp3) is 0.917. The maximum Gasteiger partial charge on any atom is 0.310 e. The molecule has 1 N–H and O–H groups in total. The molecule has 1 aliphatic heterocycles. The Morgan fingerprint density at radius 3 is 2.67 bits per heavy atom. The number of carboxylic acid groups (broad SMARTS) is 1. The van der Waals surface area contributed by atoms with Crippen molar-refractivity contribution in [1.29, 1.82) is 0 Å². The minimum atomic E-state index is -0.592. The molecule has 0 radical (unpaired) electrons. The van der Waals surface area contributed by atoms with Crippen LogP contribution in [0.3, 0.4) is 0 Å². The van der Waals surface area contributed by atoms with E-state index in [4.69, 9.17) is 0 Å². The van der Waals surface area contributed by atoms with Crippen LogP contribution in [0.4, 0.5) is 0 Å². The zero-order chi connectivity index (χ0) is 11.3. The molecule has 0 spiro atoms. The summed E-state index contributed by atoms with van der Waals surface area (Å²) in [6, 6.07) is 0. The van der Waals surface area contributed by atoms with Crippen molar-refractivity contribution >= 4 is 5.97 Å². The predicted octanol–water partition coefficient (Wildman–Crippen LogP) is 2.36. The van der Waals surface area contributed by atoms with E-state index in [0.717, 1.165) is 51.7 Å². The summed E-state index contributed by atoms with van der Waals surface area (Å²) in [5.41, 5.74) is -0.456. The average molecular weight is 213 g/mol. The first-order valence-electron chi connectivity index (χ1n) is 6.10. The fourth-order valence-electron chi connectivity index (χ4n) is 2.70. The molecular formula is C12H23NO2. The first-order chi connectivity index (χ1) is 7.14. The molecule has 1 aliphatic rings. The van der Waals surface area contributed by atoms with Crippen LogP contribution in [0.5, 0.6) is 0 Å². The number of carboxylic acids is 1. The fourth-order valence-corrected chi connectivity index (χ4v) is 2.70. The molecule has 3 nitrogen and oxygen atoms in total. The number of nitrogens with zero attached hydrogens (tertiary/aromatic N) is 1. The van der Waals surface area contributed by atoms with Gasteiger partial charge in [0.05, 0.1) is 5.41 Å². The van der Waals surface area contributed by atoms with E-state index in [1.54, 1.807) is 0 Å². The third-order valence-electron chi connectivity index (χ3n) is 3.38. The number of aliphatic carboxylic acids is 1. The van der Waals surface area contributed by atoms with Crippen molar-refractivity contribution in [3.63, 3.8) is 0 Å². The van der Waals surface area contributed by atoms with Crippen molar-refractivity contribution in [2.75, 3.05) is 19.6 Å². The second kappa shape index (κ2) is 5.50. The van der Waals surface area contributed by atoms with Crippen molar-refractivity contribution in [3.05, 3.63) is 0 Å². The van der Waals surface area contributed by atoms with Crippen LogP contribution in [-0.2, 0) is 4.79 Å². The summed E-state index contributed by atoms with van der Waals surface area (Å²) >= 11 is 0. The van der Waals surface area contributed by atoms with Gasteiger partial charge in [-0.25, -0.2) is 0 Å². The highest BCUT2D eigenvalue weighted by molar-refractivity contribution is 5.75. The Balaban J connectivity index is 2.66. The minimum absolute atomic E-state index is 0.456. The summed E-state index contributed by atoms with van der Waals surface area (Å²) < 4.78 is 0. The number of hydrogen-bond acceptors (Lipinski definition) is 2. The van der Waals surface area contributed by atoms with Gasteiger partial charge in [0.1, 0.15) is 0 Å². The maximum atomic E-state index is 11.4. The molecule has 0 aliphatic carbocycles. The lowest BCUT2D eigenvalue weighted by Crippen LogP contribution is -2.47. The average Bonchev–Trinajstić information content (AvgIpc) is 2.19. The van der Waals surface area contributed by atoms with Crippen LogP contribution in [0.15, 0.2) is 0 Å². The predicted molar refractivity (Wildman–Crippen MR) is 60.9 cm³/mol. The lowest BCUT2D eigenvalue weighted by Gasteiger charge is -2.39. The SMILES string of the molecule is CCCN1CCCC(CCC)(C(=O)O)C1. The molecule has 1 heterocycles. The summed E-state index contributed by atoms with van der Waals surface area (Å²) in [6.45, 7) is 7.09. The van der Waals surface area contributed by atoms with Gasteiger partial charge in [0.2, 0.25) is 0 Å². The molecule has 88 valence electrons. The first-order valence-corrected chi connectivity index (χ1v) is 6.10. The Morgan fingerprint density at radius 1 is 1.40 bits per heavy atom. The highest BCUT2D eigenvalue weighted by atomic mass is 16.4. The van der Waals surface area contributed by atoms with E-state index in [1.807, 2.05) is 0 Å². The van der Waals surface area contributed by atoms with E-state index in [0.29, 0.717) is 0 Å². The molecule has 0 aromatic heterocycles. The van der Waals surface area contributed by atoms with E-state index in [9.17, 15) is 9.90 Å². The van der Waals surface area contributed by atoms with Crippen molar-refractivity contribution in [2.24, 2.45) is 5.41 Å². The second-order valence-corrected chi connectivity index (χ2v) is 4.72. The van der Waals surface area contributed by atoms with Gasteiger partial charge >= 0.3 is 5.97 Å². The molecule has 0 bridgehead atoms. The Bertz CT molecular complexity index is 212. The summed E-state index contributed by atoms with van der Waals surface area (Å²) in [4.78, 5) is 13.7. The standard InChI is InChI=1S/C12H23NO2/c1-3-6-12(11(14)15)7-5-9-13(10-12)8-4-2/h3-10H2,1-2H3,(H,14,15). The van der Waals surface area contributed by atoms with Crippen LogP contribution in [0.25, 0.3) is 0 Å². The van der Waals surface area contributed by atoms with Gasteiger partial charge in [0.15, 0.2) is 0 Å². The molecule has 1 fully saturated rings. The van der Waals surface area contributed by atoms with E-state index in [-0.39, 0.29) is 0 Å². The summed E-state index contributed by atoms with van der Waals surface area (Å²) in [7, 11) is 0. The van der Waals surface area contributed by atoms with E-state index in [1.165, 1.54) is 0 Å². The van der Waals surface area contributed by atoms with Crippen molar-refractivity contribution in [2.45, 2.75) is 46.0 Å². The van der Waals surface area contributed by atoms with E-state index >= 15 is 0 Å². The van der Waals surface area contributed by atoms with Crippen LogP contribution < -0.4 is 0 Å². The molecule has 1 unspecified atom stereocenters. The number of hydrogen-bond donors (Lipinski definition) is 1. The number of carbonyl (C=O) groups is 1. The third-order valence-corrected chi connectivity index (χ3v) is 3.38. The lowest BCUT2D eigenvalue weighted by atomic mass is 9.76. The molecule has 1 saturated heterocycles. The Hall–Kier alpha value is -0.570. The molecule has 0 aromatic rings. The maximum absolute atomic E-state index is 11.4. The molecule has 0 saturated carbocycles. The van der Waals surface area contributed by atoms with Gasteiger partial charge in [-0.3, -0.25) is 4.79 Å². The van der Waals surface area contributed by atoms with Gasteiger partial charge in [-0.15, -0.1) is 0 Å². The summed E-state index contributed by atoms with van der Waals surface area (Å²) in [5.74, 6) is -0.592. The smallest absolute Gasteiger partial charge is 0.310 e. The first kappa shape index (κ1) is 12.5. The largest absolute Gasteiger partial charge is 0.481 e. The van der Waals surface area contributed by atoms with Gasteiger partial charge in [-0.2, -0.15) is 0 Å². The Morgan fingerprint density at radius 2 is 2.13 bits per heavy atom. The number of likely N-dealkylation sites (tertiary alicyclic amines) is 1. The highest BCUT2D eigenvalue weighted by Gasteiger charge is 2.41. The quantitative estimate of drug-likeness (QED) is 0.762. The van der Waals surface area contributed by atoms with Crippen LogP contribution in [0, 0.1) is 5.41 Å². The monoisotopic (exact) mass is 213 g/mol. The summed E-state index contributed by atoms with van der Waals surface area (Å²) in [6.07, 6.45) is 4.79. The van der Waals surface area contributed by atoms with Gasteiger partial charge in [0, 0.05) is 6.54 Å². The zero-order valence-corrected chi connectivity index (χ0v) is 9.96. The van der Waals surface area contributed by atoms with E-state index < -0.39 is 11.4 Å². The van der Waals surface area contributed by atoms with Crippen molar-refractivity contribution in [3.8, 4) is 0 Å². The molecular weight excluding hydrogens is 190 g/mol. The van der Waals surface area contributed by atoms with Gasteiger partial charge < -0.3 is 10.0 Å². The normalized spacial score (nSPS) is 27.9. The van der Waals surface area contributed by atoms with Crippen LogP contribution >= 0.6 is 0 Å². The topological polar surface area (TPSA) is 40.5 Å². The number of piperidine rings is 1. The zero-order valence-electron chi connectivity index (χ0n) is 9.96. The van der Waals surface area contributed by atoms with Crippen LogP contribution in [0.2, 0.25) is 0 Å². The van der Waals surface area contributed by atoms with Crippen LogP contribution in [0.1, 0.15) is 46.0 Å². The molecule has 15 heavy (non-hydrogen) atoms. The van der Waals surface area contributed by atoms with Crippen LogP contribution in [-0.4, -0.2) is 35.6 Å². The molecule has 1 rings (SSSR count). The Labute approximate surface area is 92.5 Å². The molecule has 0 amide bonds. The van der Waals surface area contributed by atoms with Gasteiger partial charge in [-0.05, 0) is 38.8 Å². The minimum Gasteiger partial charge on any atom is -0.481 e. The highest BCUT2D eigenvalue weighted by Crippen LogP contribution is 2.34. The van der Waals surface area contributed by atoms with E-state index in [2.05, 4.69) is 18.7 Å². The second-order valence-electron chi connectivity index (χ2n) is 4.72. The van der Waals surface area contributed by atoms with Crippen molar-refractivity contribution < 1.29 is 9.90 Å². The van der Waals surface area contributed by atoms with Crippen molar-refractivity contribution in [1.82, 2.24) is 4.90 Å².